The Morgan fingerprint density at radius 3 is 2.83 bits per heavy atom. The summed E-state index contributed by atoms with van der Waals surface area (Å²) in [6.45, 7) is 2.34. The number of nitrogens with zero attached hydrogens (tertiary/aromatic N) is 1. The first-order chi connectivity index (χ1) is 11.6. The molecular weight excluding hydrogens is 300 g/mol. The first-order valence-corrected chi connectivity index (χ1v) is 8.49. The quantitative estimate of drug-likeness (QED) is 0.865. The number of fused-ring (bicyclic) bond motifs is 3. The summed E-state index contributed by atoms with van der Waals surface area (Å²) < 4.78 is 5.49. The van der Waals surface area contributed by atoms with Crippen molar-refractivity contribution < 1.29 is 9.53 Å². The standard InChI is InChI=1S/C20H22N2O2/c1-20-12-6-9-17(20)16-13-15(10-11-18(16)22(20)2)24-19(23)21-14-7-4-3-5-8-14/h3-5,7-8,10-11,13,17H,6,9,12H2,1-2H3,(H,21,23)/t17-,20-/m0/s1. The van der Waals surface area contributed by atoms with Gasteiger partial charge < -0.3 is 9.64 Å². The fourth-order valence-electron chi connectivity index (χ4n) is 4.27. The van der Waals surface area contributed by atoms with Crippen molar-refractivity contribution >= 4 is 17.5 Å². The van der Waals surface area contributed by atoms with E-state index in [0.29, 0.717) is 11.7 Å². The van der Waals surface area contributed by atoms with Crippen LogP contribution in [-0.2, 0) is 0 Å². The lowest BCUT2D eigenvalue weighted by molar-refractivity contribution is 0.215. The van der Waals surface area contributed by atoms with E-state index in [-0.39, 0.29) is 5.54 Å². The molecule has 0 radical (unpaired) electrons. The maximum atomic E-state index is 12.1. The van der Waals surface area contributed by atoms with Crippen LogP contribution in [0.4, 0.5) is 16.2 Å². The highest BCUT2D eigenvalue weighted by Gasteiger charge is 2.49. The van der Waals surface area contributed by atoms with Crippen LogP contribution in [0.5, 0.6) is 5.75 Å². The maximum Gasteiger partial charge on any atom is 0.417 e. The van der Waals surface area contributed by atoms with E-state index in [2.05, 4.69) is 30.3 Å². The van der Waals surface area contributed by atoms with E-state index >= 15 is 0 Å². The van der Waals surface area contributed by atoms with Gasteiger partial charge in [-0.05, 0) is 55.7 Å². The van der Waals surface area contributed by atoms with E-state index in [1.807, 2.05) is 42.5 Å². The third-order valence-electron chi connectivity index (χ3n) is 5.66. The molecule has 0 bridgehead atoms. The number of ether oxygens (including phenoxy) is 1. The number of carbonyl (C=O) groups is 1. The van der Waals surface area contributed by atoms with Gasteiger partial charge in [0.2, 0.25) is 0 Å². The zero-order valence-electron chi connectivity index (χ0n) is 14.1. The summed E-state index contributed by atoms with van der Waals surface area (Å²) in [6.07, 6.45) is 3.22. The zero-order valence-corrected chi connectivity index (χ0v) is 14.1. The lowest BCUT2D eigenvalue weighted by atomic mass is 9.87. The van der Waals surface area contributed by atoms with E-state index in [9.17, 15) is 4.79 Å². The molecule has 4 rings (SSSR count). The first kappa shape index (κ1) is 15.1. The van der Waals surface area contributed by atoms with Crippen molar-refractivity contribution in [1.82, 2.24) is 0 Å². The summed E-state index contributed by atoms with van der Waals surface area (Å²) in [4.78, 5) is 14.5. The molecular formula is C20H22N2O2. The topological polar surface area (TPSA) is 41.6 Å². The second-order valence-corrected chi connectivity index (χ2v) is 6.96. The molecule has 1 saturated carbocycles. The summed E-state index contributed by atoms with van der Waals surface area (Å²) in [7, 11) is 2.17. The summed E-state index contributed by atoms with van der Waals surface area (Å²) >= 11 is 0. The third kappa shape index (κ3) is 2.33. The Kier molecular flexibility index (Phi) is 3.48. The molecule has 0 saturated heterocycles. The largest absolute Gasteiger partial charge is 0.417 e. The Morgan fingerprint density at radius 2 is 2.04 bits per heavy atom. The molecule has 1 N–H and O–H groups in total. The van der Waals surface area contributed by atoms with Gasteiger partial charge in [0.15, 0.2) is 0 Å². The van der Waals surface area contributed by atoms with Crippen LogP contribution in [0.15, 0.2) is 48.5 Å². The van der Waals surface area contributed by atoms with Gasteiger partial charge in [0, 0.05) is 29.9 Å². The van der Waals surface area contributed by atoms with E-state index in [0.717, 1.165) is 5.69 Å². The van der Waals surface area contributed by atoms with E-state index in [4.69, 9.17) is 4.74 Å². The lowest BCUT2D eigenvalue weighted by Crippen LogP contribution is -2.40. The summed E-state index contributed by atoms with van der Waals surface area (Å²) in [6, 6.07) is 15.3. The van der Waals surface area contributed by atoms with Crippen LogP contribution in [0, 0.1) is 0 Å². The maximum absolute atomic E-state index is 12.1. The average molecular weight is 322 g/mol. The number of amides is 1. The normalized spacial score (nSPS) is 24.4. The fourth-order valence-corrected chi connectivity index (χ4v) is 4.27. The van der Waals surface area contributed by atoms with Crippen molar-refractivity contribution in [2.75, 3.05) is 17.3 Å². The molecule has 1 aliphatic heterocycles. The van der Waals surface area contributed by atoms with Crippen molar-refractivity contribution in [2.45, 2.75) is 37.6 Å². The molecule has 2 aromatic carbocycles. The van der Waals surface area contributed by atoms with Gasteiger partial charge >= 0.3 is 6.09 Å². The van der Waals surface area contributed by atoms with Gasteiger partial charge in [-0.25, -0.2) is 4.79 Å². The van der Waals surface area contributed by atoms with Gasteiger partial charge in [0.05, 0.1) is 0 Å². The number of hydrogen-bond acceptors (Lipinski definition) is 3. The Balaban J connectivity index is 1.54. The van der Waals surface area contributed by atoms with Gasteiger partial charge in [0.25, 0.3) is 0 Å². The van der Waals surface area contributed by atoms with E-state index in [1.54, 1.807) is 0 Å². The summed E-state index contributed by atoms with van der Waals surface area (Å²) in [5.74, 6) is 1.13. The molecule has 0 spiro atoms. The van der Waals surface area contributed by atoms with Crippen LogP contribution in [0.2, 0.25) is 0 Å². The van der Waals surface area contributed by atoms with Gasteiger partial charge in [-0.3, -0.25) is 5.32 Å². The Labute approximate surface area is 142 Å². The second kappa shape index (κ2) is 5.55. The zero-order chi connectivity index (χ0) is 16.7. The average Bonchev–Trinajstić information content (AvgIpc) is 3.05. The molecule has 0 unspecified atom stereocenters. The Hall–Kier alpha value is -2.49. The number of para-hydroxylation sites is 1. The molecule has 4 nitrogen and oxygen atoms in total. The molecule has 1 aliphatic carbocycles. The molecule has 0 aromatic heterocycles. The van der Waals surface area contributed by atoms with Crippen LogP contribution in [0.25, 0.3) is 0 Å². The second-order valence-electron chi connectivity index (χ2n) is 6.96. The van der Waals surface area contributed by atoms with Crippen LogP contribution < -0.4 is 15.0 Å². The number of nitrogens with one attached hydrogen (secondary N) is 1. The SMILES string of the molecule is CN1c2ccc(OC(=O)Nc3ccccc3)cc2[C@@H]2CCC[C@@]21C. The van der Waals surface area contributed by atoms with Gasteiger partial charge in [-0.2, -0.15) is 0 Å². The predicted octanol–water partition coefficient (Wildman–Crippen LogP) is 4.77. The first-order valence-electron chi connectivity index (χ1n) is 8.49. The number of benzene rings is 2. The van der Waals surface area contributed by atoms with Crippen molar-refractivity contribution in [3.05, 3.63) is 54.1 Å². The molecule has 1 amide bonds. The molecule has 2 aromatic rings. The van der Waals surface area contributed by atoms with Crippen molar-refractivity contribution in [2.24, 2.45) is 0 Å². The van der Waals surface area contributed by atoms with Gasteiger partial charge in [0.1, 0.15) is 5.75 Å². The van der Waals surface area contributed by atoms with Gasteiger partial charge in [-0.1, -0.05) is 24.6 Å². The van der Waals surface area contributed by atoms with Crippen LogP contribution in [-0.4, -0.2) is 18.7 Å². The van der Waals surface area contributed by atoms with Crippen molar-refractivity contribution in [3.8, 4) is 5.75 Å². The predicted molar refractivity (Wildman–Crippen MR) is 95.9 cm³/mol. The minimum Gasteiger partial charge on any atom is -0.410 e. The smallest absolute Gasteiger partial charge is 0.410 e. The van der Waals surface area contributed by atoms with Crippen LogP contribution in [0.1, 0.15) is 37.7 Å². The van der Waals surface area contributed by atoms with Crippen molar-refractivity contribution in [1.29, 1.82) is 0 Å². The molecule has 1 fully saturated rings. The van der Waals surface area contributed by atoms with Crippen LogP contribution in [0.3, 0.4) is 0 Å². The Morgan fingerprint density at radius 1 is 1.25 bits per heavy atom. The lowest BCUT2D eigenvalue weighted by Gasteiger charge is -2.34. The highest BCUT2D eigenvalue weighted by Crippen LogP contribution is 2.55. The third-order valence-corrected chi connectivity index (χ3v) is 5.66. The minimum absolute atomic E-state index is 0.202. The van der Waals surface area contributed by atoms with Crippen LogP contribution >= 0.6 is 0 Å². The fraction of sp³-hybridized carbons (Fsp3) is 0.350. The minimum atomic E-state index is -0.457. The summed E-state index contributed by atoms with van der Waals surface area (Å²) in [5.41, 5.74) is 3.50. The van der Waals surface area contributed by atoms with Crippen molar-refractivity contribution in [3.63, 3.8) is 0 Å². The Bertz CT molecular complexity index is 774. The molecule has 2 aliphatic rings. The van der Waals surface area contributed by atoms with E-state index < -0.39 is 6.09 Å². The molecule has 4 heteroatoms. The summed E-state index contributed by atoms with van der Waals surface area (Å²) in [5, 5.41) is 2.75. The number of hydrogen-bond donors (Lipinski definition) is 1. The highest BCUT2D eigenvalue weighted by atomic mass is 16.6. The monoisotopic (exact) mass is 322 g/mol. The number of anilines is 2. The van der Waals surface area contributed by atoms with Gasteiger partial charge in [-0.15, -0.1) is 0 Å². The number of likely N-dealkylation sites (N-methyl/N-ethyl adjacent to an activating group) is 1. The molecule has 124 valence electrons. The molecule has 2 atom stereocenters. The molecule has 24 heavy (non-hydrogen) atoms. The number of rotatable bonds is 2. The number of carbonyl (C=O) groups excluding carboxylic acids is 1. The highest BCUT2D eigenvalue weighted by molar-refractivity contribution is 5.86. The van der Waals surface area contributed by atoms with E-state index in [1.165, 1.54) is 30.5 Å². The molecule has 1 heterocycles.